The van der Waals surface area contributed by atoms with Crippen molar-refractivity contribution in [2.45, 2.75) is 26.3 Å². The Morgan fingerprint density at radius 1 is 1.28 bits per heavy atom. The van der Waals surface area contributed by atoms with Crippen LogP contribution in [0.4, 0.5) is 5.69 Å². The number of benzene rings is 2. The van der Waals surface area contributed by atoms with E-state index >= 15 is 0 Å². The van der Waals surface area contributed by atoms with E-state index in [-0.39, 0.29) is 11.7 Å². The van der Waals surface area contributed by atoms with Crippen LogP contribution in [0.15, 0.2) is 60.2 Å². The van der Waals surface area contributed by atoms with Crippen LogP contribution in [0, 0.1) is 6.92 Å². The summed E-state index contributed by atoms with van der Waals surface area (Å²) in [7, 11) is 0. The second kappa shape index (κ2) is 8.68. The van der Waals surface area contributed by atoms with Crippen LogP contribution in [0.1, 0.15) is 23.6 Å². The number of carbonyl (C=O) groups is 1. The van der Waals surface area contributed by atoms with Crippen LogP contribution in [0.5, 0.6) is 5.75 Å². The molecule has 1 atom stereocenters. The number of rotatable bonds is 7. The summed E-state index contributed by atoms with van der Waals surface area (Å²) in [6.07, 6.45) is 3.71. The second-order valence-electron chi connectivity index (χ2n) is 5.81. The van der Waals surface area contributed by atoms with E-state index in [1.54, 1.807) is 19.1 Å². The van der Waals surface area contributed by atoms with Gasteiger partial charge in [0.15, 0.2) is 0 Å². The molecule has 0 bridgehead atoms. The first-order valence-corrected chi connectivity index (χ1v) is 8.09. The van der Waals surface area contributed by atoms with Crippen LogP contribution >= 0.6 is 0 Å². The number of hydrogen-bond donors (Lipinski definition) is 3. The molecule has 0 aliphatic heterocycles. The first kappa shape index (κ1) is 18.3. The summed E-state index contributed by atoms with van der Waals surface area (Å²) in [4.78, 5) is 12.1. The van der Waals surface area contributed by atoms with Crippen LogP contribution in [-0.2, 0) is 11.2 Å². The molecule has 2 aromatic rings. The molecular weight excluding hydrogens is 314 g/mol. The van der Waals surface area contributed by atoms with Crippen molar-refractivity contribution in [2.24, 2.45) is 5.10 Å². The van der Waals surface area contributed by atoms with Gasteiger partial charge in [0.05, 0.1) is 6.21 Å². The molecular formula is C20H23N3O2. The van der Waals surface area contributed by atoms with Gasteiger partial charge in [0.2, 0.25) is 0 Å². The fourth-order valence-electron chi connectivity index (χ4n) is 2.26. The molecule has 0 aliphatic carbocycles. The van der Waals surface area contributed by atoms with Crippen molar-refractivity contribution in [3.8, 4) is 5.75 Å². The minimum Gasteiger partial charge on any atom is -0.507 e. The quantitative estimate of drug-likeness (QED) is 0.412. The number of nitrogens with zero attached hydrogens (tertiary/aromatic N) is 1. The molecule has 1 amide bonds. The van der Waals surface area contributed by atoms with E-state index < -0.39 is 6.04 Å². The summed E-state index contributed by atoms with van der Waals surface area (Å²) < 4.78 is 0. The lowest BCUT2D eigenvalue weighted by Gasteiger charge is -2.13. The number of para-hydroxylation sites is 1. The Labute approximate surface area is 148 Å². The van der Waals surface area contributed by atoms with E-state index in [4.69, 9.17) is 0 Å². The molecule has 0 fully saturated rings. The Kier molecular flexibility index (Phi) is 6.34. The van der Waals surface area contributed by atoms with E-state index in [1.165, 1.54) is 6.21 Å². The van der Waals surface area contributed by atoms with Crippen LogP contribution in [0.25, 0.3) is 0 Å². The minimum atomic E-state index is -0.444. The largest absolute Gasteiger partial charge is 0.507 e. The number of hydrazone groups is 1. The predicted octanol–water partition coefficient (Wildman–Crippen LogP) is 3.38. The summed E-state index contributed by atoms with van der Waals surface area (Å²) >= 11 is 0. The zero-order valence-corrected chi connectivity index (χ0v) is 14.5. The molecule has 5 nitrogen and oxygen atoms in total. The van der Waals surface area contributed by atoms with Gasteiger partial charge in [-0.2, -0.15) is 5.10 Å². The summed E-state index contributed by atoms with van der Waals surface area (Å²) in [6, 6.07) is 12.7. The Balaban J connectivity index is 1.94. The van der Waals surface area contributed by atoms with Gasteiger partial charge >= 0.3 is 0 Å². The Morgan fingerprint density at radius 3 is 2.68 bits per heavy atom. The van der Waals surface area contributed by atoms with E-state index in [0.29, 0.717) is 12.0 Å². The maximum atomic E-state index is 12.1. The van der Waals surface area contributed by atoms with Gasteiger partial charge in [-0.05, 0) is 44.0 Å². The summed E-state index contributed by atoms with van der Waals surface area (Å²) in [5, 5.41) is 17.2. The lowest BCUT2D eigenvalue weighted by Crippen LogP contribution is -2.34. The topological polar surface area (TPSA) is 73.7 Å². The van der Waals surface area contributed by atoms with Crippen LogP contribution in [-0.4, -0.2) is 23.3 Å². The molecule has 2 aromatic carbocycles. The zero-order chi connectivity index (χ0) is 18.2. The van der Waals surface area contributed by atoms with E-state index in [0.717, 1.165) is 16.8 Å². The molecule has 130 valence electrons. The van der Waals surface area contributed by atoms with Gasteiger partial charge in [0, 0.05) is 11.3 Å². The van der Waals surface area contributed by atoms with Crippen LogP contribution < -0.4 is 10.7 Å². The molecule has 0 spiro atoms. The van der Waals surface area contributed by atoms with Gasteiger partial charge in [-0.1, -0.05) is 35.9 Å². The van der Waals surface area contributed by atoms with Crippen molar-refractivity contribution >= 4 is 17.8 Å². The van der Waals surface area contributed by atoms with Crippen LogP contribution in [0.2, 0.25) is 0 Å². The number of hydrogen-bond acceptors (Lipinski definition) is 4. The molecule has 0 aromatic heterocycles. The fourth-order valence-corrected chi connectivity index (χ4v) is 2.26. The highest BCUT2D eigenvalue weighted by Crippen LogP contribution is 2.21. The van der Waals surface area contributed by atoms with Crippen molar-refractivity contribution in [2.75, 3.05) is 5.32 Å². The van der Waals surface area contributed by atoms with Crippen molar-refractivity contribution in [3.05, 3.63) is 71.8 Å². The summed E-state index contributed by atoms with van der Waals surface area (Å²) in [5.41, 5.74) is 5.81. The van der Waals surface area contributed by atoms with Gasteiger partial charge in [0.1, 0.15) is 11.8 Å². The third-order valence-corrected chi connectivity index (χ3v) is 3.72. The highest BCUT2D eigenvalue weighted by atomic mass is 16.3. The molecule has 0 saturated heterocycles. The number of phenols is 1. The summed E-state index contributed by atoms with van der Waals surface area (Å²) in [5.74, 6) is -0.121. The lowest BCUT2D eigenvalue weighted by atomic mass is 10.1. The number of amides is 1. The number of allylic oxidation sites excluding steroid dienone is 1. The molecule has 25 heavy (non-hydrogen) atoms. The fraction of sp³-hybridized carbons (Fsp3) is 0.200. The van der Waals surface area contributed by atoms with Gasteiger partial charge in [-0.25, -0.2) is 5.43 Å². The number of aryl methyl sites for hydroxylation is 1. The lowest BCUT2D eigenvalue weighted by molar-refractivity contribution is -0.121. The normalized spacial score (nSPS) is 11.9. The highest BCUT2D eigenvalue weighted by Gasteiger charge is 2.11. The maximum Gasteiger partial charge on any atom is 0.262 e. The molecule has 0 heterocycles. The first-order chi connectivity index (χ1) is 12.0. The van der Waals surface area contributed by atoms with Gasteiger partial charge < -0.3 is 10.4 Å². The van der Waals surface area contributed by atoms with Gasteiger partial charge in [-0.15, -0.1) is 6.58 Å². The Bertz CT molecular complexity index is 767. The zero-order valence-electron chi connectivity index (χ0n) is 14.5. The third-order valence-electron chi connectivity index (χ3n) is 3.72. The number of anilines is 1. The smallest absolute Gasteiger partial charge is 0.262 e. The standard InChI is InChI=1S/C20H23N3O2/c1-4-6-16-7-5-8-17(19(16)24)13-21-23-20(25)15(3)22-18-11-9-14(2)10-12-18/h4-5,7-13,15,22,24H,1,6H2,2-3H3,(H,23,25)/b21-13-/t15-/m0/s1. The monoisotopic (exact) mass is 337 g/mol. The predicted molar refractivity (Wildman–Crippen MR) is 102 cm³/mol. The molecule has 0 radical (unpaired) electrons. The van der Waals surface area contributed by atoms with Gasteiger partial charge in [-0.3, -0.25) is 4.79 Å². The average Bonchev–Trinajstić information content (AvgIpc) is 2.60. The molecule has 0 unspecified atom stereocenters. The van der Waals surface area contributed by atoms with Crippen molar-refractivity contribution in [1.29, 1.82) is 0 Å². The summed E-state index contributed by atoms with van der Waals surface area (Å²) in [6.45, 7) is 7.43. The number of carbonyl (C=O) groups excluding carboxylic acids is 1. The molecule has 5 heteroatoms. The van der Waals surface area contributed by atoms with Crippen molar-refractivity contribution in [1.82, 2.24) is 5.43 Å². The van der Waals surface area contributed by atoms with E-state index in [1.807, 2.05) is 43.3 Å². The number of nitrogens with one attached hydrogen (secondary N) is 2. The van der Waals surface area contributed by atoms with E-state index in [2.05, 4.69) is 22.4 Å². The third kappa shape index (κ3) is 5.21. The molecule has 3 N–H and O–H groups in total. The molecule has 2 rings (SSSR count). The Hall–Kier alpha value is -3.08. The maximum absolute atomic E-state index is 12.1. The minimum absolute atomic E-state index is 0.145. The van der Waals surface area contributed by atoms with Gasteiger partial charge in [0.25, 0.3) is 5.91 Å². The first-order valence-electron chi connectivity index (χ1n) is 8.09. The highest BCUT2D eigenvalue weighted by molar-refractivity contribution is 5.88. The molecule has 0 aliphatic rings. The molecule has 0 saturated carbocycles. The second-order valence-corrected chi connectivity index (χ2v) is 5.81. The van der Waals surface area contributed by atoms with Crippen molar-refractivity contribution in [3.63, 3.8) is 0 Å². The number of aromatic hydroxyl groups is 1. The average molecular weight is 337 g/mol. The number of phenolic OH excluding ortho intramolecular Hbond substituents is 1. The SMILES string of the molecule is C=CCc1cccc(/C=N\NC(=O)[C@H](C)Nc2ccc(C)cc2)c1O. The van der Waals surface area contributed by atoms with E-state index in [9.17, 15) is 9.90 Å². The van der Waals surface area contributed by atoms with Crippen LogP contribution in [0.3, 0.4) is 0 Å². The van der Waals surface area contributed by atoms with Crippen molar-refractivity contribution < 1.29 is 9.90 Å². The Morgan fingerprint density at radius 2 is 2.00 bits per heavy atom.